The SMILES string of the molecule is CCCN(C)c1ncc(C(=O)Nc2ccc(OC(F)(F)Cl)cc2)cc1-c1cncc(F)c1. The molecule has 1 amide bonds. The predicted octanol–water partition coefficient (Wildman–Crippen LogP) is 5.55. The first-order valence-electron chi connectivity index (χ1n) is 9.65. The molecule has 3 rings (SSSR count). The monoisotopic (exact) mass is 464 g/mol. The average molecular weight is 465 g/mol. The lowest BCUT2D eigenvalue weighted by molar-refractivity contribution is -0.0964. The van der Waals surface area contributed by atoms with E-state index in [0.29, 0.717) is 29.2 Å². The summed E-state index contributed by atoms with van der Waals surface area (Å²) in [5, 5.41) is 2.65. The van der Waals surface area contributed by atoms with E-state index in [9.17, 15) is 18.0 Å². The van der Waals surface area contributed by atoms with E-state index in [0.717, 1.165) is 12.6 Å². The number of amides is 1. The summed E-state index contributed by atoms with van der Waals surface area (Å²) < 4.78 is 43.5. The van der Waals surface area contributed by atoms with Crippen molar-refractivity contribution in [2.75, 3.05) is 23.8 Å². The smallest absolute Gasteiger partial charge is 0.420 e. The number of alkyl halides is 3. The zero-order valence-electron chi connectivity index (χ0n) is 17.3. The van der Waals surface area contributed by atoms with Crippen molar-refractivity contribution in [2.45, 2.75) is 18.9 Å². The molecule has 1 aromatic carbocycles. The Bertz CT molecular complexity index is 1090. The summed E-state index contributed by atoms with van der Waals surface area (Å²) in [5.74, 6) is -0.566. The van der Waals surface area contributed by atoms with Gasteiger partial charge in [0.2, 0.25) is 0 Å². The van der Waals surface area contributed by atoms with Gasteiger partial charge >= 0.3 is 5.57 Å². The molecule has 0 atom stereocenters. The number of nitrogens with zero attached hydrogens (tertiary/aromatic N) is 3. The van der Waals surface area contributed by atoms with Gasteiger partial charge in [0.15, 0.2) is 0 Å². The molecule has 0 aliphatic heterocycles. The second-order valence-corrected chi connectivity index (χ2v) is 7.37. The fourth-order valence-electron chi connectivity index (χ4n) is 3.04. The summed E-state index contributed by atoms with van der Waals surface area (Å²) in [4.78, 5) is 23.0. The number of hydrogen-bond donors (Lipinski definition) is 1. The van der Waals surface area contributed by atoms with Crippen molar-refractivity contribution in [3.63, 3.8) is 0 Å². The van der Waals surface area contributed by atoms with E-state index in [-0.39, 0.29) is 11.3 Å². The van der Waals surface area contributed by atoms with Crippen LogP contribution < -0.4 is 15.0 Å². The van der Waals surface area contributed by atoms with Crippen LogP contribution in [0, 0.1) is 5.82 Å². The standard InChI is InChI=1S/C22H20ClF3N4O2/c1-3-8-30(2)20-19(14-9-16(24)13-27-11-14)10-15(12-28-20)21(31)29-17-4-6-18(7-5-17)32-22(23,25)26/h4-7,9-13H,3,8H2,1-2H3,(H,29,31). The summed E-state index contributed by atoms with van der Waals surface area (Å²) in [6.07, 6.45) is 4.88. The minimum Gasteiger partial charge on any atom is -0.420 e. The molecule has 0 bridgehead atoms. The third-order valence-corrected chi connectivity index (χ3v) is 4.49. The van der Waals surface area contributed by atoms with Crippen LogP contribution in [0.15, 0.2) is 55.0 Å². The van der Waals surface area contributed by atoms with Gasteiger partial charge < -0.3 is 15.0 Å². The molecule has 32 heavy (non-hydrogen) atoms. The molecular formula is C22H20ClF3N4O2. The topological polar surface area (TPSA) is 67.4 Å². The molecule has 10 heteroatoms. The van der Waals surface area contributed by atoms with Crippen LogP contribution in [0.5, 0.6) is 5.75 Å². The third kappa shape index (κ3) is 6.10. The quantitative estimate of drug-likeness (QED) is 0.443. The zero-order valence-corrected chi connectivity index (χ0v) is 18.0. The van der Waals surface area contributed by atoms with E-state index in [4.69, 9.17) is 11.6 Å². The zero-order chi connectivity index (χ0) is 23.3. The molecule has 3 aromatic rings. The lowest BCUT2D eigenvalue weighted by Crippen LogP contribution is -2.21. The predicted molar refractivity (Wildman–Crippen MR) is 117 cm³/mol. The van der Waals surface area contributed by atoms with Crippen molar-refractivity contribution in [3.8, 4) is 16.9 Å². The first kappa shape index (κ1) is 23.3. The molecule has 6 nitrogen and oxygen atoms in total. The second-order valence-electron chi connectivity index (χ2n) is 6.93. The number of nitrogens with one attached hydrogen (secondary N) is 1. The van der Waals surface area contributed by atoms with Crippen molar-refractivity contribution in [1.29, 1.82) is 0 Å². The van der Waals surface area contributed by atoms with E-state index < -0.39 is 17.3 Å². The van der Waals surface area contributed by atoms with Crippen molar-refractivity contribution in [3.05, 3.63) is 66.4 Å². The van der Waals surface area contributed by atoms with Crippen molar-refractivity contribution < 1.29 is 22.7 Å². The number of halogens is 4. The van der Waals surface area contributed by atoms with Crippen LogP contribution in [0.1, 0.15) is 23.7 Å². The first-order valence-corrected chi connectivity index (χ1v) is 10.0. The van der Waals surface area contributed by atoms with Crippen LogP contribution in [0.2, 0.25) is 0 Å². The molecule has 0 unspecified atom stereocenters. The Hall–Kier alpha value is -3.33. The molecule has 1 N–H and O–H groups in total. The number of carbonyl (C=O) groups is 1. The molecule has 2 aromatic heterocycles. The lowest BCUT2D eigenvalue weighted by atomic mass is 10.1. The Balaban J connectivity index is 1.87. The summed E-state index contributed by atoms with van der Waals surface area (Å²) in [7, 11) is 1.86. The summed E-state index contributed by atoms with van der Waals surface area (Å²) in [6, 6.07) is 8.20. The molecule has 0 fully saturated rings. The van der Waals surface area contributed by atoms with Gasteiger partial charge in [0.25, 0.3) is 5.91 Å². The Morgan fingerprint density at radius 3 is 2.53 bits per heavy atom. The number of pyridine rings is 2. The maximum Gasteiger partial charge on any atom is 0.487 e. The second kappa shape index (κ2) is 9.86. The molecule has 0 spiro atoms. The van der Waals surface area contributed by atoms with Gasteiger partial charge in [-0.25, -0.2) is 9.37 Å². The highest BCUT2D eigenvalue weighted by atomic mass is 35.5. The highest BCUT2D eigenvalue weighted by Gasteiger charge is 2.27. The number of hydrogen-bond acceptors (Lipinski definition) is 5. The van der Waals surface area contributed by atoms with Gasteiger partial charge in [0, 0.05) is 54.4 Å². The molecule has 0 aliphatic carbocycles. The van der Waals surface area contributed by atoms with Crippen molar-refractivity contribution in [1.82, 2.24) is 9.97 Å². The van der Waals surface area contributed by atoms with Crippen LogP contribution in [0.4, 0.5) is 24.7 Å². The number of benzene rings is 1. The largest absolute Gasteiger partial charge is 0.487 e. The van der Waals surface area contributed by atoms with Crippen molar-refractivity contribution >= 4 is 29.0 Å². The van der Waals surface area contributed by atoms with Crippen LogP contribution >= 0.6 is 11.6 Å². The molecule has 0 saturated heterocycles. The maximum absolute atomic E-state index is 13.8. The number of ether oxygens (including phenoxy) is 1. The number of rotatable bonds is 8. The summed E-state index contributed by atoms with van der Waals surface area (Å²) >= 11 is 4.74. The Morgan fingerprint density at radius 1 is 1.19 bits per heavy atom. The van der Waals surface area contributed by atoms with Crippen LogP contribution in [0.3, 0.4) is 0 Å². The fourth-order valence-corrected chi connectivity index (χ4v) is 3.13. The highest BCUT2D eigenvalue weighted by Crippen LogP contribution is 2.30. The van der Waals surface area contributed by atoms with Gasteiger partial charge in [-0.05, 0) is 42.8 Å². The van der Waals surface area contributed by atoms with E-state index in [2.05, 4.69) is 20.0 Å². The molecule has 0 saturated carbocycles. The summed E-state index contributed by atoms with van der Waals surface area (Å²) in [5.41, 5.74) is -2.22. The summed E-state index contributed by atoms with van der Waals surface area (Å²) in [6.45, 7) is 2.73. The number of carbonyl (C=O) groups excluding carboxylic acids is 1. The molecule has 168 valence electrons. The van der Waals surface area contributed by atoms with Gasteiger partial charge in [-0.15, -0.1) is 8.78 Å². The molecule has 2 heterocycles. The van der Waals surface area contributed by atoms with Gasteiger partial charge in [0.1, 0.15) is 17.4 Å². The Kier molecular flexibility index (Phi) is 7.19. The minimum absolute atomic E-state index is 0.158. The normalized spacial score (nSPS) is 11.2. The highest BCUT2D eigenvalue weighted by molar-refractivity contribution is 6.20. The average Bonchev–Trinajstić information content (AvgIpc) is 2.74. The third-order valence-electron chi connectivity index (χ3n) is 4.41. The Morgan fingerprint density at radius 2 is 1.91 bits per heavy atom. The van der Waals surface area contributed by atoms with E-state index in [1.807, 2.05) is 18.9 Å². The maximum atomic E-state index is 13.8. The van der Waals surface area contributed by atoms with Gasteiger partial charge in [0.05, 0.1) is 11.8 Å². The van der Waals surface area contributed by atoms with Gasteiger partial charge in [-0.1, -0.05) is 6.92 Å². The molecule has 0 radical (unpaired) electrons. The van der Waals surface area contributed by atoms with Crippen LogP contribution in [-0.2, 0) is 0 Å². The molecular weight excluding hydrogens is 445 g/mol. The fraction of sp³-hybridized carbons (Fsp3) is 0.227. The first-order chi connectivity index (χ1) is 15.2. The van der Waals surface area contributed by atoms with E-state index in [1.165, 1.54) is 42.7 Å². The van der Waals surface area contributed by atoms with Gasteiger partial charge in [-0.3, -0.25) is 9.78 Å². The number of aromatic nitrogens is 2. The molecule has 0 aliphatic rings. The van der Waals surface area contributed by atoms with Crippen LogP contribution in [-0.4, -0.2) is 35.0 Å². The Labute approximate surface area is 188 Å². The van der Waals surface area contributed by atoms with Crippen LogP contribution in [0.25, 0.3) is 11.1 Å². The minimum atomic E-state index is -3.83. The van der Waals surface area contributed by atoms with E-state index >= 15 is 0 Å². The van der Waals surface area contributed by atoms with E-state index in [1.54, 1.807) is 6.07 Å². The van der Waals surface area contributed by atoms with Crippen molar-refractivity contribution in [2.24, 2.45) is 0 Å². The number of anilines is 2. The van der Waals surface area contributed by atoms with Gasteiger partial charge in [-0.2, -0.15) is 0 Å². The lowest BCUT2D eigenvalue weighted by Gasteiger charge is -2.21.